The lowest BCUT2D eigenvalue weighted by atomic mass is 9.77. The summed E-state index contributed by atoms with van der Waals surface area (Å²) >= 11 is 0. The van der Waals surface area contributed by atoms with Crippen molar-refractivity contribution in [1.82, 2.24) is 5.32 Å². The Labute approximate surface area is 93.8 Å². The maximum Gasteiger partial charge on any atom is 0.155 e. The van der Waals surface area contributed by atoms with Crippen LogP contribution in [-0.4, -0.2) is 30.4 Å². The summed E-state index contributed by atoms with van der Waals surface area (Å²) in [5, 5.41) is 3.05. The fraction of sp³-hybridized carbons (Fsp3) is 0.583. The number of carbonyl (C=O) groups is 2. The van der Waals surface area contributed by atoms with Gasteiger partial charge in [0.05, 0.1) is 18.4 Å². The molecular formula is C12H14N2O2. The molecule has 0 aromatic rings. The zero-order valence-electron chi connectivity index (χ0n) is 9.03. The largest absolute Gasteiger partial charge is 0.305 e. The van der Waals surface area contributed by atoms with Gasteiger partial charge in [-0.1, -0.05) is 6.08 Å². The third-order valence-electron chi connectivity index (χ3n) is 3.63. The average Bonchev–Trinajstić information content (AvgIpc) is 2.28. The van der Waals surface area contributed by atoms with Crippen molar-refractivity contribution in [2.45, 2.75) is 19.3 Å². The van der Waals surface area contributed by atoms with Gasteiger partial charge in [-0.2, -0.15) is 0 Å². The highest BCUT2D eigenvalue weighted by Gasteiger charge is 2.38. The normalized spacial score (nSPS) is 33.8. The lowest BCUT2D eigenvalue weighted by Crippen LogP contribution is -2.48. The Balaban J connectivity index is 1.98. The molecule has 84 valence electrons. The fourth-order valence-corrected chi connectivity index (χ4v) is 2.75. The van der Waals surface area contributed by atoms with Crippen LogP contribution in [-0.2, 0) is 9.59 Å². The van der Waals surface area contributed by atoms with E-state index in [0.717, 1.165) is 17.8 Å². The van der Waals surface area contributed by atoms with Gasteiger partial charge in [0.15, 0.2) is 5.78 Å². The third kappa shape index (κ3) is 1.45. The minimum absolute atomic E-state index is 0.106. The Morgan fingerprint density at radius 1 is 1.19 bits per heavy atom. The minimum Gasteiger partial charge on any atom is -0.305 e. The third-order valence-corrected chi connectivity index (χ3v) is 3.63. The Morgan fingerprint density at radius 3 is 2.94 bits per heavy atom. The summed E-state index contributed by atoms with van der Waals surface area (Å²) in [4.78, 5) is 28.0. The van der Waals surface area contributed by atoms with E-state index < -0.39 is 0 Å². The van der Waals surface area contributed by atoms with E-state index in [1.165, 1.54) is 0 Å². The number of ketones is 2. The van der Waals surface area contributed by atoms with E-state index in [0.29, 0.717) is 25.9 Å². The van der Waals surface area contributed by atoms with Crippen molar-refractivity contribution in [3.63, 3.8) is 0 Å². The molecule has 16 heavy (non-hydrogen) atoms. The number of aliphatic imine (C=N–C) groups is 1. The molecule has 0 radical (unpaired) electrons. The average molecular weight is 218 g/mol. The molecular weight excluding hydrogens is 204 g/mol. The molecule has 0 spiro atoms. The second-order valence-electron chi connectivity index (χ2n) is 4.65. The molecule has 0 saturated carbocycles. The number of hydrogen-bond acceptors (Lipinski definition) is 4. The van der Waals surface area contributed by atoms with Crippen LogP contribution in [0.4, 0.5) is 0 Å². The van der Waals surface area contributed by atoms with Gasteiger partial charge in [0, 0.05) is 24.4 Å². The van der Waals surface area contributed by atoms with Gasteiger partial charge < -0.3 is 5.32 Å². The van der Waals surface area contributed by atoms with Gasteiger partial charge in [-0.15, -0.1) is 0 Å². The van der Waals surface area contributed by atoms with E-state index in [-0.39, 0.29) is 23.4 Å². The summed E-state index contributed by atoms with van der Waals surface area (Å²) in [5.41, 5.74) is 1.83. The lowest BCUT2D eigenvalue weighted by molar-refractivity contribution is -0.124. The highest BCUT2D eigenvalue weighted by Crippen LogP contribution is 2.34. The number of carbonyl (C=O) groups excluding carboxylic acids is 2. The predicted molar refractivity (Wildman–Crippen MR) is 59.2 cm³/mol. The summed E-state index contributed by atoms with van der Waals surface area (Å²) in [6.45, 7) is 1.11. The van der Waals surface area contributed by atoms with Gasteiger partial charge >= 0.3 is 0 Å². The van der Waals surface area contributed by atoms with Crippen molar-refractivity contribution < 1.29 is 9.59 Å². The molecule has 2 atom stereocenters. The van der Waals surface area contributed by atoms with Crippen molar-refractivity contribution in [3.05, 3.63) is 11.8 Å². The van der Waals surface area contributed by atoms with Crippen LogP contribution in [0.5, 0.6) is 0 Å². The zero-order valence-corrected chi connectivity index (χ0v) is 9.03. The first kappa shape index (κ1) is 9.90. The van der Waals surface area contributed by atoms with E-state index in [1.54, 1.807) is 0 Å². The summed E-state index contributed by atoms with van der Waals surface area (Å²) in [7, 11) is 0. The Kier molecular flexibility index (Phi) is 2.24. The van der Waals surface area contributed by atoms with E-state index in [4.69, 9.17) is 0 Å². The molecule has 0 aromatic carbocycles. The van der Waals surface area contributed by atoms with Crippen LogP contribution in [0, 0.1) is 11.8 Å². The van der Waals surface area contributed by atoms with Gasteiger partial charge in [-0.3, -0.25) is 14.6 Å². The van der Waals surface area contributed by atoms with Crippen molar-refractivity contribution in [3.8, 4) is 0 Å². The van der Waals surface area contributed by atoms with Crippen LogP contribution in [0.15, 0.2) is 16.8 Å². The van der Waals surface area contributed by atoms with E-state index in [9.17, 15) is 9.59 Å². The molecule has 2 aliphatic heterocycles. The fourth-order valence-electron chi connectivity index (χ4n) is 2.75. The molecule has 2 unspecified atom stereocenters. The highest BCUT2D eigenvalue weighted by atomic mass is 16.1. The molecule has 3 rings (SSSR count). The van der Waals surface area contributed by atoms with E-state index >= 15 is 0 Å². The summed E-state index contributed by atoms with van der Waals surface area (Å²) in [6.07, 6.45) is 4.12. The lowest BCUT2D eigenvalue weighted by Gasteiger charge is -2.33. The quantitative estimate of drug-likeness (QED) is 0.643. The van der Waals surface area contributed by atoms with Crippen LogP contribution < -0.4 is 5.32 Å². The molecule has 1 saturated heterocycles. The van der Waals surface area contributed by atoms with Gasteiger partial charge in [0.2, 0.25) is 0 Å². The zero-order chi connectivity index (χ0) is 11.1. The number of fused-ring (bicyclic) bond motifs is 2. The molecule has 1 N–H and O–H groups in total. The van der Waals surface area contributed by atoms with E-state index in [2.05, 4.69) is 10.3 Å². The van der Waals surface area contributed by atoms with Crippen molar-refractivity contribution in [2.24, 2.45) is 16.8 Å². The Morgan fingerprint density at radius 2 is 2.06 bits per heavy atom. The number of nitrogens with zero attached hydrogens (tertiary/aromatic N) is 1. The maximum atomic E-state index is 11.8. The monoisotopic (exact) mass is 218 g/mol. The first-order valence-corrected chi connectivity index (χ1v) is 5.79. The molecule has 1 fully saturated rings. The van der Waals surface area contributed by atoms with Gasteiger partial charge in [-0.05, 0) is 12.8 Å². The molecule has 3 aliphatic rings. The first-order chi connectivity index (χ1) is 7.75. The van der Waals surface area contributed by atoms with Gasteiger partial charge in [0.25, 0.3) is 0 Å². The predicted octanol–water partition coefficient (Wildman–Crippen LogP) is 0.483. The van der Waals surface area contributed by atoms with Crippen LogP contribution in [0.3, 0.4) is 0 Å². The number of rotatable bonds is 0. The summed E-state index contributed by atoms with van der Waals surface area (Å²) in [6, 6.07) is 0. The summed E-state index contributed by atoms with van der Waals surface area (Å²) < 4.78 is 0. The molecule has 0 bridgehead atoms. The van der Waals surface area contributed by atoms with Crippen molar-refractivity contribution in [1.29, 1.82) is 0 Å². The van der Waals surface area contributed by atoms with Crippen LogP contribution >= 0.6 is 0 Å². The second-order valence-corrected chi connectivity index (χ2v) is 4.65. The van der Waals surface area contributed by atoms with Crippen LogP contribution in [0.25, 0.3) is 0 Å². The van der Waals surface area contributed by atoms with Crippen molar-refractivity contribution >= 4 is 17.3 Å². The number of Topliss-reactive ketones (excluding diaryl/α,β-unsaturated/α-hetero) is 2. The second kappa shape index (κ2) is 3.63. The van der Waals surface area contributed by atoms with Gasteiger partial charge in [-0.25, -0.2) is 0 Å². The topological polar surface area (TPSA) is 58.5 Å². The Bertz CT molecular complexity index is 423. The maximum absolute atomic E-state index is 11.8. The smallest absolute Gasteiger partial charge is 0.155 e. The van der Waals surface area contributed by atoms with Crippen LogP contribution in [0.2, 0.25) is 0 Å². The van der Waals surface area contributed by atoms with Crippen LogP contribution in [0.1, 0.15) is 19.3 Å². The number of hydrogen-bond donors (Lipinski definition) is 1. The molecule has 4 heteroatoms. The molecule has 2 heterocycles. The summed E-state index contributed by atoms with van der Waals surface area (Å²) in [5.74, 6) is 0.226. The molecule has 4 nitrogen and oxygen atoms in total. The molecule has 0 amide bonds. The minimum atomic E-state index is -0.107. The molecule has 0 aromatic heterocycles. The SMILES string of the molecule is O=C1CCC=C2N=C3CNCC(=O)C3CC12. The van der Waals surface area contributed by atoms with Gasteiger partial charge in [0.1, 0.15) is 5.78 Å². The Hall–Kier alpha value is -1.29. The number of nitrogens with one attached hydrogen (secondary N) is 1. The first-order valence-electron chi connectivity index (χ1n) is 5.79. The number of allylic oxidation sites excluding steroid dienone is 2. The van der Waals surface area contributed by atoms with E-state index in [1.807, 2.05) is 6.08 Å². The molecule has 1 aliphatic carbocycles. The van der Waals surface area contributed by atoms with Crippen molar-refractivity contribution in [2.75, 3.05) is 13.1 Å². The standard InChI is InChI=1S/C12H14N2O2/c15-11-3-1-2-9-7(11)4-8-10(14-9)5-13-6-12(8)16/h2,7-8,13H,1,3-6H2. The number of piperidine rings is 1. The highest BCUT2D eigenvalue weighted by molar-refractivity contribution is 6.10.